The molecule has 0 radical (unpaired) electrons. The van der Waals surface area contributed by atoms with Crippen LogP contribution in [0.4, 0.5) is 10.1 Å². The van der Waals surface area contributed by atoms with Gasteiger partial charge in [0.1, 0.15) is 5.82 Å². The lowest BCUT2D eigenvalue weighted by atomic mass is 9.97. The van der Waals surface area contributed by atoms with Crippen molar-refractivity contribution in [2.75, 3.05) is 31.6 Å². The minimum Gasteiger partial charge on any atom is -0.368 e. The zero-order chi connectivity index (χ0) is 14.9. The van der Waals surface area contributed by atoms with Gasteiger partial charge in [-0.2, -0.15) is 0 Å². The molecule has 0 aliphatic carbocycles. The van der Waals surface area contributed by atoms with E-state index in [2.05, 4.69) is 30.7 Å². The van der Waals surface area contributed by atoms with Crippen LogP contribution in [0, 0.1) is 5.82 Å². The van der Waals surface area contributed by atoms with E-state index in [0.717, 1.165) is 30.9 Å². The van der Waals surface area contributed by atoms with Crippen LogP contribution in [0.3, 0.4) is 0 Å². The SMILES string of the molecule is CC(N)Cc1cc(F)ccc1N1CCN(C)C(C)(C)C1. The number of anilines is 1. The standard InChI is InChI=1S/C16H26FN3/c1-12(18)9-13-10-14(17)5-6-15(13)20-8-7-19(4)16(2,3)11-20/h5-6,10,12H,7-9,11,18H2,1-4H3. The van der Waals surface area contributed by atoms with Crippen LogP contribution < -0.4 is 10.6 Å². The molecule has 1 aliphatic heterocycles. The predicted octanol–water partition coefficient (Wildman–Crippen LogP) is 2.25. The average Bonchev–Trinajstić information content (AvgIpc) is 2.32. The summed E-state index contributed by atoms with van der Waals surface area (Å²) in [6.45, 7) is 9.38. The van der Waals surface area contributed by atoms with Crippen molar-refractivity contribution in [3.63, 3.8) is 0 Å². The number of rotatable bonds is 3. The Hall–Kier alpha value is -1.13. The molecule has 1 aliphatic rings. The molecule has 0 aromatic heterocycles. The molecule has 1 aromatic carbocycles. The van der Waals surface area contributed by atoms with E-state index in [1.54, 1.807) is 12.1 Å². The summed E-state index contributed by atoms with van der Waals surface area (Å²) in [6, 6.07) is 5.11. The Labute approximate surface area is 121 Å². The number of hydrogen-bond donors (Lipinski definition) is 1. The molecule has 1 heterocycles. The summed E-state index contributed by atoms with van der Waals surface area (Å²) in [5.74, 6) is -0.183. The van der Waals surface area contributed by atoms with Crippen molar-refractivity contribution in [3.8, 4) is 0 Å². The maximum atomic E-state index is 13.5. The zero-order valence-electron chi connectivity index (χ0n) is 13.0. The number of likely N-dealkylation sites (N-methyl/N-ethyl adjacent to an activating group) is 1. The Morgan fingerprint density at radius 1 is 1.35 bits per heavy atom. The van der Waals surface area contributed by atoms with Gasteiger partial charge in [-0.3, -0.25) is 4.90 Å². The van der Waals surface area contributed by atoms with Crippen LogP contribution in [0.5, 0.6) is 0 Å². The summed E-state index contributed by atoms with van der Waals surface area (Å²) in [4.78, 5) is 4.73. The fraction of sp³-hybridized carbons (Fsp3) is 0.625. The van der Waals surface area contributed by atoms with E-state index in [9.17, 15) is 4.39 Å². The third-order valence-corrected chi connectivity index (χ3v) is 4.24. The molecule has 1 saturated heterocycles. The quantitative estimate of drug-likeness (QED) is 0.921. The molecule has 1 atom stereocenters. The zero-order valence-corrected chi connectivity index (χ0v) is 13.0. The van der Waals surface area contributed by atoms with Gasteiger partial charge >= 0.3 is 0 Å². The molecule has 4 heteroatoms. The van der Waals surface area contributed by atoms with Crippen LogP contribution >= 0.6 is 0 Å². The second-order valence-corrected chi connectivity index (χ2v) is 6.61. The lowest BCUT2D eigenvalue weighted by Gasteiger charge is -2.46. The van der Waals surface area contributed by atoms with Gasteiger partial charge in [-0.1, -0.05) is 0 Å². The van der Waals surface area contributed by atoms with Gasteiger partial charge in [-0.05, 0) is 58.0 Å². The first kappa shape index (κ1) is 15.3. The van der Waals surface area contributed by atoms with Crippen LogP contribution in [0.2, 0.25) is 0 Å². The Bertz CT molecular complexity index is 471. The Kier molecular flexibility index (Phi) is 4.35. The summed E-state index contributed by atoms with van der Waals surface area (Å²) in [6.07, 6.45) is 0.708. The van der Waals surface area contributed by atoms with Gasteiger partial charge in [0.2, 0.25) is 0 Å². The monoisotopic (exact) mass is 279 g/mol. The maximum absolute atomic E-state index is 13.5. The summed E-state index contributed by atoms with van der Waals surface area (Å²) in [5, 5.41) is 0. The van der Waals surface area contributed by atoms with Crippen molar-refractivity contribution in [2.45, 2.75) is 38.8 Å². The van der Waals surface area contributed by atoms with Crippen molar-refractivity contribution in [2.24, 2.45) is 5.73 Å². The molecular formula is C16H26FN3. The van der Waals surface area contributed by atoms with Gasteiger partial charge in [0.05, 0.1) is 0 Å². The normalized spacial score (nSPS) is 21.0. The van der Waals surface area contributed by atoms with E-state index in [-0.39, 0.29) is 17.4 Å². The molecule has 2 N–H and O–H groups in total. The van der Waals surface area contributed by atoms with Gasteiger partial charge in [0, 0.05) is 36.9 Å². The summed E-state index contributed by atoms with van der Waals surface area (Å²) in [5.41, 5.74) is 8.17. The molecule has 1 fully saturated rings. The van der Waals surface area contributed by atoms with E-state index in [1.165, 1.54) is 0 Å². The molecule has 0 saturated carbocycles. The minimum atomic E-state index is -0.183. The van der Waals surface area contributed by atoms with Crippen molar-refractivity contribution in [3.05, 3.63) is 29.6 Å². The number of hydrogen-bond acceptors (Lipinski definition) is 3. The highest BCUT2D eigenvalue weighted by Gasteiger charge is 2.31. The van der Waals surface area contributed by atoms with Gasteiger partial charge in [0.25, 0.3) is 0 Å². The molecule has 20 heavy (non-hydrogen) atoms. The van der Waals surface area contributed by atoms with Crippen molar-refractivity contribution >= 4 is 5.69 Å². The molecule has 0 bridgehead atoms. The van der Waals surface area contributed by atoms with Crippen LogP contribution in [-0.4, -0.2) is 43.2 Å². The summed E-state index contributed by atoms with van der Waals surface area (Å²) in [7, 11) is 2.16. The van der Waals surface area contributed by atoms with E-state index in [0.29, 0.717) is 6.42 Å². The molecule has 1 aromatic rings. The minimum absolute atomic E-state index is 0.0380. The predicted molar refractivity (Wildman–Crippen MR) is 82.7 cm³/mol. The number of nitrogens with two attached hydrogens (primary N) is 1. The first-order chi connectivity index (χ1) is 9.29. The lowest BCUT2D eigenvalue weighted by molar-refractivity contribution is 0.139. The molecule has 0 amide bonds. The highest BCUT2D eigenvalue weighted by Crippen LogP contribution is 2.28. The summed E-state index contributed by atoms with van der Waals surface area (Å²) < 4.78 is 13.5. The van der Waals surface area contributed by atoms with Crippen molar-refractivity contribution in [1.82, 2.24) is 4.90 Å². The molecule has 112 valence electrons. The Morgan fingerprint density at radius 2 is 2.05 bits per heavy atom. The van der Waals surface area contributed by atoms with Gasteiger partial charge in [0.15, 0.2) is 0 Å². The van der Waals surface area contributed by atoms with Crippen LogP contribution in [-0.2, 0) is 6.42 Å². The van der Waals surface area contributed by atoms with E-state index in [1.807, 2.05) is 13.0 Å². The topological polar surface area (TPSA) is 32.5 Å². The number of halogens is 1. The van der Waals surface area contributed by atoms with Gasteiger partial charge in [-0.25, -0.2) is 4.39 Å². The van der Waals surface area contributed by atoms with Crippen LogP contribution in [0.1, 0.15) is 26.3 Å². The number of piperazine rings is 1. The second kappa shape index (κ2) is 5.70. The van der Waals surface area contributed by atoms with Crippen molar-refractivity contribution in [1.29, 1.82) is 0 Å². The van der Waals surface area contributed by atoms with E-state index >= 15 is 0 Å². The average molecular weight is 279 g/mol. The smallest absolute Gasteiger partial charge is 0.123 e. The maximum Gasteiger partial charge on any atom is 0.123 e. The van der Waals surface area contributed by atoms with Crippen LogP contribution in [0.25, 0.3) is 0 Å². The third kappa shape index (κ3) is 3.30. The third-order valence-electron chi connectivity index (χ3n) is 4.24. The van der Waals surface area contributed by atoms with E-state index in [4.69, 9.17) is 5.73 Å². The molecular weight excluding hydrogens is 253 g/mol. The van der Waals surface area contributed by atoms with Crippen LogP contribution in [0.15, 0.2) is 18.2 Å². The second-order valence-electron chi connectivity index (χ2n) is 6.61. The fourth-order valence-electron chi connectivity index (χ4n) is 2.82. The largest absolute Gasteiger partial charge is 0.368 e. The van der Waals surface area contributed by atoms with Gasteiger partial charge < -0.3 is 10.6 Å². The van der Waals surface area contributed by atoms with Crippen molar-refractivity contribution < 1.29 is 4.39 Å². The lowest BCUT2D eigenvalue weighted by Crippen LogP contribution is -2.57. The van der Waals surface area contributed by atoms with E-state index < -0.39 is 0 Å². The Balaban J connectivity index is 2.28. The molecule has 3 nitrogen and oxygen atoms in total. The first-order valence-electron chi connectivity index (χ1n) is 7.30. The molecule has 0 spiro atoms. The highest BCUT2D eigenvalue weighted by molar-refractivity contribution is 5.55. The Morgan fingerprint density at radius 3 is 2.65 bits per heavy atom. The highest BCUT2D eigenvalue weighted by atomic mass is 19.1. The summed E-state index contributed by atoms with van der Waals surface area (Å²) >= 11 is 0. The molecule has 1 unspecified atom stereocenters. The number of benzene rings is 1. The number of nitrogens with zero attached hydrogens (tertiary/aromatic N) is 2. The first-order valence-corrected chi connectivity index (χ1v) is 7.30. The molecule has 2 rings (SSSR count). The van der Waals surface area contributed by atoms with Gasteiger partial charge in [-0.15, -0.1) is 0 Å². The fourth-order valence-corrected chi connectivity index (χ4v) is 2.82.